The Morgan fingerprint density at radius 2 is 2.24 bits per heavy atom. The van der Waals surface area contributed by atoms with Crippen LogP contribution in [0.3, 0.4) is 0 Å². The van der Waals surface area contributed by atoms with Crippen molar-refractivity contribution < 1.29 is 0 Å². The summed E-state index contributed by atoms with van der Waals surface area (Å²) < 4.78 is 1.30. The second-order valence-corrected chi connectivity index (χ2v) is 4.37. The van der Waals surface area contributed by atoms with Gasteiger partial charge < -0.3 is 5.73 Å². The summed E-state index contributed by atoms with van der Waals surface area (Å²) in [4.78, 5) is 12.4. The fourth-order valence-corrected chi connectivity index (χ4v) is 1.57. The minimum absolute atomic E-state index is 0.0850. The summed E-state index contributed by atoms with van der Waals surface area (Å²) in [7, 11) is 0. The van der Waals surface area contributed by atoms with Crippen molar-refractivity contribution in [3.8, 4) is 0 Å². The van der Waals surface area contributed by atoms with Crippen molar-refractivity contribution >= 4 is 28.1 Å². The summed E-state index contributed by atoms with van der Waals surface area (Å²) in [5.74, 6) is -0.0850. The molecule has 1 heterocycles. The highest BCUT2D eigenvalue weighted by Gasteiger charge is 2.10. The molecule has 1 aromatic heterocycles. The molecule has 1 aromatic carbocycles. The van der Waals surface area contributed by atoms with Crippen LogP contribution in [0.4, 0.5) is 0 Å². The lowest BCUT2D eigenvalue weighted by Gasteiger charge is -2.10. The van der Waals surface area contributed by atoms with Crippen LogP contribution in [0.5, 0.6) is 0 Å². The maximum atomic E-state index is 12.1. The van der Waals surface area contributed by atoms with Gasteiger partial charge >= 0.3 is 0 Å². The largest absolute Gasteiger partial charge is 0.393 e. The molecule has 2 N–H and O–H groups in total. The van der Waals surface area contributed by atoms with Crippen molar-refractivity contribution in [2.75, 3.05) is 0 Å². The first kappa shape index (κ1) is 11.7. The molecule has 0 saturated carbocycles. The predicted octanol–water partition coefficient (Wildman–Crippen LogP) is 0.714. The van der Waals surface area contributed by atoms with E-state index in [-0.39, 0.29) is 11.5 Å². The maximum absolute atomic E-state index is 12.1. The first-order chi connectivity index (χ1) is 8.09. The van der Waals surface area contributed by atoms with Gasteiger partial charge in [0.2, 0.25) is 0 Å². The zero-order valence-corrected chi connectivity index (χ0v) is 10.1. The summed E-state index contributed by atoms with van der Waals surface area (Å²) in [5.41, 5.74) is 5.94. The number of aromatic nitrogens is 3. The second-order valence-electron chi connectivity index (χ2n) is 3.90. The van der Waals surface area contributed by atoms with Gasteiger partial charge in [-0.25, -0.2) is 4.68 Å². The topological polar surface area (TPSA) is 73.8 Å². The third-order valence-corrected chi connectivity index (χ3v) is 2.96. The van der Waals surface area contributed by atoms with Gasteiger partial charge in [-0.05, 0) is 12.1 Å². The van der Waals surface area contributed by atoms with E-state index in [1.165, 1.54) is 4.68 Å². The van der Waals surface area contributed by atoms with E-state index in [2.05, 4.69) is 10.3 Å². The summed E-state index contributed by atoms with van der Waals surface area (Å²) in [5, 5.41) is 8.40. The number of nitrogens with zero attached hydrogens (tertiary/aromatic N) is 3. The van der Waals surface area contributed by atoms with Crippen LogP contribution in [0.1, 0.15) is 6.92 Å². The lowest BCUT2D eigenvalue weighted by molar-refractivity contribution is 0.496. The smallest absolute Gasteiger partial charge is 0.277 e. The second kappa shape index (κ2) is 4.58. The Hall–Kier alpha value is -1.82. The number of fused-ring (bicyclic) bond motifs is 1. The quantitative estimate of drug-likeness (QED) is 0.810. The van der Waals surface area contributed by atoms with Crippen LogP contribution < -0.4 is 11.3 Å². The normalized spacial score (nSPS) is 12.5. The average molecular weight is 248 g/mol. The van der Waals surface area contributed by atoms with Crippen LogP contribution in [-0.2, 0) is 6.54 Å². The maximum Gasteiger partial charge on any atom is 0.277 e. The molecule has 6 heteroatoms. The Morgan fingerprint density at radius 3 is 2.94 bits per heavy atom. The molecular weight excluding hydrogens is 236 g/mol. The highest BCUT2D eigenvalue weighted by Crippen LogP contribution is 2.04. The highest BCUT2D eigenvalue weighted by atomic mass is 32.1. The van der Waals surface area contributed by atoms with Gasteiger partial charge in [0.25, 0.3) is 5.56 Å². The Morgan fingerprint density at radius 1 is 1.53 bits per heavy atom. The Balaban J connectivity index is 2.46. The third kappa shape index (κ3) is 2.31. The molecule has 88 valence electrons. The number of benzene rings is 1. The third-order valence-electron chi connectivity index (χ3n) is 2.56. The Labute approximate surface area is 103 Å². The van der Waals surface area contributed by atoms with Crippen molar-refractivity contribution in [1.29, 1.82) is 0 Å². The van der Waals surface area contributed by atoms with Crippen molar-refractivity contribution in [3.05, 3.63) is 34.6 Å². The van der Waals surface area contributed by atoms with Gasteiger partial charge in [-0.1, -0.05) is 36.5 Å². The molecule has 5 nitrogen and oxygen atoms in total. The van der Waals surface area contributed by atoms with E-state index in [0.29, 0.717) is 22.4 Å². The van der Waals surface area contributed by atoms with Crippen LogP contribution in [0, 0.1) is 5.92 Å². The van der Waals surface area contributed by atoms with Gasteiger partial charge in [0, 0.05) is 5.92 Å². The standard InChI is InChI=1S/C11H12N4OS/c1-7(10(12)17)6-15-11(16)8-4-2-3-5-9(8)13-14-15/h2-5,7H,6H2,1H3,(H2,12,17). The van der Waals surface area contributed by atoms with Crippen LogP contribution in [-0.4, -0.2) is 20.0 Å². The highest BCUT2D eigenvalue weighted by molar-refractivity contribution is 7.80. The van der Waals surface area contributed by atoms with E-state index >= 15 is 0 Å². The summed E-state index contributed by atoms with van der Waals surface area (Å²) in [6, 6.07) is 7.10. The molecule has 0 saturated heterocycles. The van der Waals surface area contributed by atoms with Gasteiger partial charge in [0.15, 0.2) is 0 Å². The van der Waals surface area contributed by atoms with Gasteiger partial charge in [-0.15, -0.1) is 5.10 Å². The zero-order valence-electron chi connectivity index (χ0n) is 9.33. The van der Waals surface area contributed by atoms with Crippen molar-refractivity contribution in [2.24, 2.45) is 11.7 Å². The van der Waals surface area contributed by atoms with Gasteiger partial charge in [0.05, 0.1) is 16.9 Å². The number of hydrogen-bond acceptors (Lipinski definition) is 4. The fourth-order valence-electron chi connectivity index (χ4n) is 1.49. The van der Waals surface area contributed by atoms with E-state index < -0.39 is 0 Å². The SMILES string of the molecule is CC(Cn1nnc2ccccc2c1=O)C(N)=S. The lowest BCUT2D eigenvalue weighted by atomic mass is 10.2. The molecule has 0 bridgehead atoms. The molecule has 0 aliphatic heterocycles. The van der Waals surface area contributed by atoms with Gasteiger partial charge in [0.1, 0.15) is 5.52 Å². The van der Waals surface area contributed by atoms with Crippen LogP contribution in [0.2, 0.25) is 0 Å². The van der Waals surface area contributed by atoms with Crippen LogP contribution in [0.15, 0.2) is 29.1 Å². The zero-order chi connectivity index (χ0) is 12.4. The number of rotatable bonds is 3. The number of nitrogens with two attached hydrogens (primary N) is 1. The van der Waals surface area contributed by atoms with E-state index in [9.17, 15) is 4.79 Å². The van der Waals surface area contributed by atoms with Crippen molar-refractivity contribution in [2.45, 2.75) is 13.5 Å². The van der Waals surface area contributed by atoms with E-state index in [4.69, 9.17) is 18.0 Å². The number of thiocarbonyl (C=S) groups is 1. The van der Waals surface area contributed by atoms with Gasteiger partial charge in [-0.2, -0.15) is 0 Å². The first-order valence-electron chi connectivity index (χ1n) is 5.21. The molecular formula is C11H12N4OS. The van der Waals surface area contributed by atoms with Crippen LogP contribution >= 0.6 is 12.2 Å². The number of hydrogen-bond donors (Lipinski definition) is 1. The minimum atomic E-state index is -0.168. The van der Waals surface area contributed by atoms with Crippen molar-refractivity contribution in [3.63, 3.8) is 0 Å². The van der Waals surface area contributed by atoms with E-state index in [1.807, 2.05) is 13.0 Å². The molecule has 0 radical (unpaired) electrons. The molecule has 2 rings (SSSR count). The lowest BCUT2D eigenvalue weighted by Crippen LogP contribution is -2.31. The molecule has 0 amide bonds. The molecule has 1 unspecified atom stereocenters. The fraction of sp³-hybridized carbons (Fsp3) is 0.273. The predicted molar refractivity (Wildman–Crippen MR) is 69.7 cm³/mol. The molecule has 1 atom stereocenters. The molecule has 2 aromatic rings. The minimum Gasteiger partial charge on any atom is -0.393 e. The molecule has 0 fully saturated rings. The summed E-state index contributed by atoms with van der Waals surface area (Å²) >= 11 is 4.87. The van der Waals surface area contributed by atoms with E-state index in [0.717, 1.165) is 0 Å². The molecule has 17 heavy (non-hydrogen) atoms. The Kier molecular flexibility index (Phi) is 3.14. The summed E-state index contributed by atoms with van der Waals surface area (Å²) in [6.07, 6.45) is 0. The monoisotopic (exact) mass is 248 g/mol. The van der Waals surface area contributed by atoms with E-state index in [1.54, 1.807) is 18.2 Å². The molecule has 0 aliphatic rings. The Bertz CT molecular complexity index is 622. The molecule has 0 spiro atoms. The van der Waals surface area contributed by atoms with Crippen molar-refractivity contribution in [1.82, 2.24) is 15.0 Å². The van der Waals surface area contributed by atoms with Gasteiger partial charge in [-0.3, -0.25) is 4.79 Å². The molecule has 0 aliphatic carbocycles. The first-order valence-corrected chi connectivity index (χ1v) is 5.62. The van der Waals surface area contributed by atoms with Crippen LogP contribution in [0.25, 0.3) is 10.9 Å². The average Bonchev–Trinajstić information content (AvgIpc) is 2.33. The summed E-state index contributed by atoms with van der Waals surface area (Å²) in [6.45, 7) is 2.21.